The number of carbonyl (C=O) groups excluding carboxylic acids is 1. The van der Waals surface area contributed by atoms with Crippen molar-refractivity contribution < 1.29 is 9.90 Å². The monoisotopic (exact) mass is 266 g/mol. The molecule has 3 aliphatic rings. The van der Waals surface area contributed by atoms with Crippen molar-refractivity contribution in [2.75, 3.05) is 32.7 Å². The Hall–Kier alpha value is -0.610. The van der Waals surface area contributed by atoms with Gasteiger partial charge in [0.1, 0.15) is 0 Å². The number of piperazine rings is 1. The number of hydrogen-bond acceptors (Lipinski definition) is 3. The van der Waals surface area contributed by atoms with Crippen LogP contribution >= 0.6 is 0 Å². The van der Waals surface area contributed by atoms with E-state index in [4.69, 9.17) is 0 Å². The molecule has 4 nitrogen and oxygen atoms in total. The van der Waals surface area contributed by atoms with Crippen molar-refractivity contribution in [3.05, 3.63) is 0 Å². The maximum Gasteiger partial charge on any atom is 0.225 e. The van der Waals surface area contributed by atoms with E-state index in [1.54, 1.807) is 0 Å². The normalized spacial score (nSPS) is 35.3. The van der Waals surface area contributed by atoms with Gasteiger partial charge in [0, 0.05) is 38.6 Å². The molecule has 108 valence electrons. The molecule has 0 bridgehead atoms. The Morgan fingerprint density at radius 2 is 1.68 bits per heavy atom. The van der Waals surface area contributed by atoms with Crippen molar-refractivity contribution in [3.63, 3.8) is 0 Å². The topological polar surface area (TPSA) is 43.8 Å². The second-order valence-corrected chi connectivity index (χ2v) is 7.34. The van der Waals surface area contributed by atoms with Crippen molar-refractivity contribution in [1.29, 1.82) is 0 Å². The molecule has 0 aromatic carbocycles. The summed E-state index contributed by atoms with van der Waals surface area (Å²) < 4.78 is 0. The molecule has 1 aliphatic heterocycles. The SMILES string of the molecule is CC(C)(O)CN1CCN(C(=O)C2CC3CC3C2)CC1. The van der Waals surface area contributed by atoms with Crippen molar-refractivity contribution >= 4 is 5.91 Å². The summed E-state index contributed by atoms with van der Waals surface area (Å²) in [5, 5.41) is 9.83. The molecule has 1 N–H and O–H groups in total. The van der Waals surface area contributed by atoms with Crippen LogP contribution in [-0.4, -0.2) is 59.1 Å². The number of carbonyl (C=O) groups is 1. The zero-order chi connectivity index (χ0) is 13.6. The van der Waals surface area contributed by atoms with E-state index >= 15 is 0 Å². The Labute approximate surface area is 115 Å². The van der Waals surface area contributed by atoms with Crippen LogP contribution in [0.15, 0.2) is 0 Å². The van der Waals surface area contributed by atoms with Crippen LogP contribution in [0, 0.1) is 17.8 Å². The summed E-state index contributed by atoms with van der Waals surface area (Å²) in [6, 6.07) is 0. The second-order valence-electron chi connectivity index (χ2n) is 7.34. The van der Waals surface area contributed by atoms with Crippen molar-refractivity contribution in [2.45, 2.75) is 38.7 Å². The summed E-state index contributed by atoms with van der Waals surface area (Å²) in [5.74, 6) is 2.48. The first kappa shape index (κ1) is 13.4. The molecule has 3 fully saturated rings. The van der Waals surface area contributed by atoms with E-state index in [-0.39, 0.29) is 0 Å². The van der Waals surface area contributed by atoms with Crippen LogP contribution in [0.25, 0.3) is 0 Å². The zero-order valence-corrected chi connectivity index (χ0v) is 12.1. The first-order chi connectivity index (χ1) is 8.92. The average Bonchev–Trinajstić information content (AvgIpc) is 2.94. The predicted molar refractivity (Wildman–Crippen MR) is 73.6 cm³/mol. The summed E-state index contributed by atoms with van der Waals surface area (Å²) in [6.07, 6.45) is 3.67. The van der Waals surface area contributed by atoms with Gasteiger partial charge in [-0.25, -0.2) is 0 Å². The van der Waals surface area contributed by atoms with Gasteiger partial charge >= 0.3 is 0 Å². The van der Waals surface area contributed by atoms with E-state index in [0.29, 0.717) is 18.4 Å². The van der Waals surface area contributed by atoms with E-state index in [1.165, 1.54) is 6.42 Å². The summed E-state index contributed by atoms with van der Waals surface area (Å²) in [4.78, 5) is 16.7. The maximum atomic E-state index is 12.4. The highest BCUT2D eigenvalue weighted by Gasteiger charge is 2.48. The predicted octanol–water partition coefficient (Wildman–Crippen LogP) is 0.948. The molecular weight excluding hydrogens is 240 g/mol. The fourth-order valence-electron chi connectivity index (χ4n) is 3.85. The van der Waals surface area contributed by atoms with Crippen molar-refractivity contribution in [2.24, 2.45) is 17.8 Å². The number of rotatable bonds is 3. The molecule has 3 rings (SSSR count). The van der Waals surface area contributed by atoms with Gasteiger partial charge in [-0.15, -0.1) is 0 Å². The van der Waals surface area contributed by atoms with E-state index in [1.807, 2.05) is 13.8 Å². The van der Waals surface area contributed by atoms with Crippen LogP contribution in [0.2, 0.25) is 0 Å². The molecule has 1 saturated heterocycles. The lowest BCUT2D eigenvalue weighted by atomic mass is 10.0. The van der Waals surface area contributed by atoms with E-state index in [0.717, 1.165) is 50.9 Å². The quantitative estimate of drug-likeness (QED) is 0.827. The largest absolute Gasteiger partial charge is 0.389 e. The van der Waals surface area contributed by atoms with E-state index in [2.05, 4.69) is 9.80 Å². The summed E-state index contributed by atoms with van der Waals surface area (Å²) in [5.41, 5.74) is -0.640. The molecule has 1 heterocycles. The molecule has 0 aromatic heterocycles. The number of nitrogens with zero attached hydrogens (tertiary/aromatic N) is 2. The zero-order valence-electron chi connectivity index (χ0n) is 12.1. The highest BCUT2D eigenvalue weighted by molar-refractivity contribution is 5.79. The lowest BCUT2D eigenvalue weighted by Crippen LogP contribution is -2.53. The molecule has 1 amide bonds. The van der Waals surface area contributed by atoms with Gasteiger partial charge in [0.05, 0.1) is 5.60 Å². The smallest absolute Gasteiger partial charge is 0.225 e. The Balaban J connectivity index is 1.46. The van der Waals surface area contributed by atoms with Gasteiger partial charge in [-0.1, -0.05) is 0 Å². The van der Waals surface area contributed by atoms with Gasteiger partial charge in [0.25, 0.3) is 0 Å². The molecule has 2 saturated carbocycles. The molecule has 0 aromatic rings. The van der Waals surface area contributed by atoms with E-state index < -0.39 is 5.60 Å². The van der Waals surface area contributed by atoms with Gasteiger partial charge in [0.15, 0.2) is 0 Å². The number of β-amino-alcohol motifs (C(OH)–C–C–N with tert-alkyl or cyclic N) is 1. The van der Waals surface area contributed by atoms with Crippen LogP contribution < -0.4 is 0 Å². The number of amides is 1. The third-order valence-corrected chi connectivity index (χ3v) is 4.89. The molecule has 2 atom stereocenters. The van der Waals surface area contributed by atoms with Crippen LogP contribution in [0.4, 0.5) is 0 Å². The minimum Gasteiger partial charge on any atom is -0.389 e. The average molecular weight is 266 g/mol. The number of fused-ring (bicyclic) bond motifs is 1. The Kier molecular flexibility index (Phi) is 3.34. The number of aliphatic hydroxyl groups is 1. The highest BCUT2D eigenvalue weighted by atomic mass is 16.3. The maximum absolute atomic E-state index is 12.4. The van der Waals surface area contributed by atoms with Crippen LogP contribution in [0.5, 0.6) is 0 Å². The first-order valence-corrected chi connectivity index (χ1v) is 7.66. The van der Waals surface area contributed by atoms with Gasteiger partial charge in [0.2, 0.25) is 5.91 Å². The Morgan fingerprint density at radius 3 is 2.21 bits per heavy atom. The standard InChI is InChI=1S/C15H26N2O2/c1-15(2,19)10-16-3-5-17(6-4-16)14(18)13-8-11-7-12(11)9-13/h11-13,19H,3-10H2,1-2H3. The molecule has 2 aliphatic carbocycles. The molecule has 2 unspecified atom stereocenters. The minimum absolute atomic E-state index is 0.324. The van der Waals surface area contributed by atoms with Gasteiger partial charge < -0.3 is 10.0 Å². The first-order valence-electron chi connectivity index (χ1n) is 7.66. The summed E-state index contributed by atoms with van der Waals surface area (Å²) in [6.45, 7) is 7.85. The van der Waals surface area contributed by atoms with E-state index in [9.17, 15) is 9.90 Å². The second kappa shape index (κ2) is 4.74. The van der Waals surface area contributed by atoms with Gasteiger partial charge in [-0.05, 0) is 44.9 Å². The van der Waals surface area contributed by atoms with Gasteiger partial charge in [-0.3, -0.25) is 9.69 Å². The third-order valence-electron chi connectivity index (χ3n) is 4.89. The lowest BCUT2D eigenvalue weighted by molar-refractivity contribution is -0.137. The minimum atomic E-state index is -0.640. The molecule has 0 radical (unpaired) electrons. The Morgan fingerprint density at radius 1 is 1.11 bits per heavy atom. The molecule has 4 heteroatoms. The third kappa shape index (κ3) is 3.11. The molecule has 0 spiro atoms. The lowest BCUT2D eigenvalue weighted by Gasteiger charge is -2.38. The summed E-state index contributed by atoms with van der Waals surface area (Å²) >= 11 is 0. The van der Waals surface area contributed by atoms with Crippen LogP contribution in [0.1, 0.15) is 33.1 Å². The highest BCUT2D eigenvalue weighted by Crippen LogP contribution is 2.54. The van der Waals surface area contributed by atoms with Crippen LogP contribution in [0.3, 0.4) is 0 Å². The van der Waals surface area contributed by atoms with Crippen molar-refractivity contribution in [3.8, 4) is 0 Å². The Bertz CT molecular complexity index is 346. The number of hydrogen-bond donors (Lipinski definition) is 1. The summed E-state index contributed by atoms with van der Waals surface area (Å²) in [7, 11) is 0. The van der Waals surface area contributed by atoms with Crippen molar-refractivity contribution in [1.82, 2.24) is 9.80 Å². The molecular formula is C15H26N2O2. The van der Waals surface area contributed by atoms with Gasteiger partial charge in [-0.2, -0.15) is 0 Å². The molecule has 19 heavy (non-hydrogen) atoms. The van der Waals surface area contributed by atoms with Crippen LogP contribution in [-0.2, 0) is 4.79 Å². The fourth-order valence-corrected chi connectivity index (χ4v) is 3.85. The fraction of sp³-hybridized carbons (Fsp3) is 0.933.